The van der Waals surface area contributed by atoms with Crippen molar-refractivity contribution in [3.63, 3.8) is 0 Å². The highest BCUT2D eigenvalue weighted by atomic mass is 35.5. The first-order valence-electron chi connectivity index (χ1n) is 4.55. The Balaban J connectivity index is 2.27. The average molecular weight is 229 g/mol. The molecule has 1 aliphatic rings. The zero-order chi connectivity index (χ0) is 10.3. The first-order chi connectivity index (χ1) is 6.61. The fourth-order valence-corrected chi connectivity index (χ4v) is 2.24. The zero-order valence-electron chi connectivity index (χ0n) is 7.76. The topological polar surface area (TPSA) is 17.1 Å². The van der Waals surface area contributed by atoms with Gasteiger partial charge in [-0.05, 0) is 30.9 Å². The number of rotatable bonds is 2. The molecule has 2 atom stereocenters. The Morgan fingerprint density at radius 1 is 1.43 bits per heavy atom. The molecule has 1 aromatic rings. The molecular weight excluding hydrogens is 219 g/mol. The quantitative estimate of drug-likeness (QED) is 0.755. The maximum atomic E-state index is 11.1. The molecule has 1 saturated carbocycles. The molecule has 0 amide bonds. The number of benzene rings is 1. The van der Waals surface area contributed by atoms with Crippen molar-refractivity contribution in [1.82, 2.24) is 0 Å². The molecule has 0 aliphatic heterocycles. The van der Waals surface area contributed by atoms with Crippen molar-refractivity contribution in [3.8, 4) is 0 Å². The third kappa shape index (κ3) is 1.67. The van der Waals surface area contributed by atoms with Crippen LogP contribution in [0.15, 0.2) is 18.2 Å². The van der Waals surface area contributed by atoms with Crippen LogP contribution in [0.2, 0.25) is 10.0 Å². The van der Waals surface area contributed by atoms with Crippen molar-refractivity contribution in [2.45, 2.75) is 19.3 Å². The van der Waals surface area contributed by atoms with E-state index in [2.05, 4.69) is 0 Å². The van der Waals surface area contributed by atoms with Gasteiger partial charge in [-0.1, -0.05) is 35.3 Å². The Bertz CT molecular complexity index is 387. The molecule has 1 fully saturated rings. The summed E-state index contributed by atoms with van der Waals surface area (Å²) in [5, 5.41) is 1.17. The molecular formula is C11H10Cl2O. The van der Waals surface area contributed by atoms with Crippen molar-refractivity contribution in [2.24, 2.45) is 5.92 Å². The highest BCUT2D eigenvalue weighted by Gasteiger charge is 2.42. The summed E-state index contributed by atoms with van der Waals surface area (Å²) in [7, 11) is 0. The number of carbonyl (C=O) groups excluding carboxylic acids is 1. The van der Waals surface area contributed by atoms with Crippen molar-refractivity contribution >= 4 is 29.0 Å². The molecule has 1 aromatic carbocycles. The number of hydrogen-bond acceptors (Lipinski definition) is 1. The Labute approximate surface area is 93.0 Å². The van der Waals surface area contributed by atoms with Crippen molar-refractivity contribution in [1.29, 1.82) is 0 Å². The van der Waals surface area contributed by atoms with Crippen LogP contribution in [0.3, 0.4) is 0 Å². The molecule has 0 N–H and O–H groups in total. The molecule has 0 saturated heterocycles. The minimum absolute atomic E-state index is 0.158. The summed E-state index contributed by atoms with van der Waals surface area (Å²) in [5.41, 5.74) is 1.01. The van der Waals surface area contributed by atoms with E-state index >= 15 is 0 Å². The predicted octanol–water partition coefficient (Wildman–Crippen LogP) is 3.69. The van der Waals surface area contributed by atoms with Gasteiger partial charge in [-0.25, -0.2) is 0 Å². The number of carbonyl (C=O) groups is 1. The van der Waals surface area contributed by atoms with Crippen molar-refractivity contribution < 1.29 is 4.79 Å². The van der Waals surface area contributed by atoms with Gasteiger partial charge in [0.15, 0.2) is 0 Å². The van der Waals surface area contributed by atoms with E-state index in [4.69, 9.17) is 23.2 Å². The smallest absolute Gasteiger partial charge is 0.133 e. The van der Waals surface area contributed by atoms with Gasteiger partial charge in [0.1, 0.15) is 5.78 Å². The molecule has 1 aliphatic carbocycles. The van der Waals surface area contributed by atoms with Gasteiger partial charge in [-0.2, -0.15) is 0 Å². The maximum Gasteiger partial charge on any atom is 0.133 e. The fraction of sp³-hybridized carbons (Fsp3) is 0.364. The molecule has 0 aromatic heterocycles. The van der Waals surface area contributed by atoms with Gasteiger partial charge in [0.05, 0.1) is 10.0 Å². The Morgan fingerprint density at radius 2 is 2.14 bits per heavy atom. The summed E-state index contributed by atoms with van der Waals surface area (Å²) >= 11 is 12.0. The molecule has 14 heavy (non-hydrogen) atoms. The van der Waals surface area contributed by atoms with E-state index in [1.165, 1.54) is 0 Å². The van der Waals surface area contributed by atoms with E-state index in [0.29, 0.717) is 16.0 Å². The molecule has 0 bridgehead atoms. The lowest BCUT2D eigenvalue weighted by atomic mass is 10.1. The second-order valence-electron chi connectivity index (χ2n) is 3.70. The first kappa shape index (κ1) is 10.0. The largest absolute Gasteiger partial charge is 0.300 e. The minimum atomic E-state index is 0.158. The lowest BCUT2D eigenvalue weighted by Gasteiger charge is -2.03. The van der Waals surface area contributed by atoms with Crippen LogP contribution in [0.1, 0.15) is 24.8 Å². The van der Waals surface area contributed by atoms with Gasteiger partial charge >= 0.3 is 0 Å². The van der Waals surface area contributed by atoms with Gasteiger partial charge in [-0.15, -0.1) is 0 Å². The standard InChI is InChI=1S/C11H10Cl2O/c1-6(14)8-5-9(8)7-3-2-4-10(12)11(7)13/h2-4,8-9H,5H2,1H3/t8-,9-/m0/s1. The van der Waals surface area contributed by atoms with Crippen LogP contribution >= 0.6 is 23.2 Å². The lowest BCUT2D eigenvalue weighted by molar-refractivity contribution is -0.118. The maximum absolute atomic E-state index is 11.1. The summed E-state index contributed by atoms with van der Waals surface area (Å²) in [4.78, 5) is 11.1. The highest BCUT2D eigenvalue weighted by molar-refractivity contribution is 6.42. The Kier molecular flexibility index (Phi) is 2.54. The van der Waals surface area contributed by atoms with Crippen LogP contribution in [-0.4, -0.2) is 5.78 Å². The monoisotopic (exact) mass is 228 g/mol. The van der Waals surface area contributed by atoms with Crippen molar-refractivity contribution in [3.05, 3.63) is 33.8 Å². The molecule has 1 nitrogen and oxygen atoms in total. The third-order valence-corrected chi connectivity index (χ3v) is 3.53. The van der Waals surface area contributed by atoms with Gasteiger partial charge in [-0.3, -0.25) is 4.79 Å². The SMILES string of the molecule is CC(=O)[C@@H]1C[C@H]1c1cccc(Cl)c1Cl. The molecule has 0 radical (unpaired) electrons. The zero-order valence-corrected chi connectivity index (χ0v) is 9.27. The van der Waals surface area contributed by atoms with Gasteiger partial charge in [0.2, 0.25) is 0 Å². The summed E-state index contributed by atoms with van der Waals surface area (Å²) in [6, 6.07) is 5.58. The number of Topliss-reactive ketones (excluding diaryl/α,β-unsaturated/α-hetero) is 1. The van der Waals surface area contributed by atoms with E-state index in [0.717, 1.165) is 12.0 Å². The Hall–Kier alpha value is -0.530. The average Bonchev–Trinajstić information content (AvgIpc) is 2.89. The predicted molar refractivity (Wildman–Crippen MR) is 58.0 cm³/mol. The van der Waals surface area contributed by atoms with E-state index in [-0.39, 0.29) is 11.7 Å². The summed E-state index contributed by atoms with van der Waals surface area (Å²) < 4.78 is 0. The van der Waals surface area contributed by atoms with E-state index in [1.54, 1.807) is 13.0 Å². The molecule has 0 heterocycles. The second kappa shape index (κ2) is 3.56. The first-order valence-corrected chi connectivity index (χ1v) is 5.31. The van der Waals surface area contributed by atoms with E-state index < -0.39 is 0 Å². The van der Waals surface area contributed by atoms with Crippen molar-refractivity contribution in [2.75, 3.05) is 0 Å². The number of halogens is 2. The summed E-state index contributed by atoms with van der Waals surface area (Å²) in [6.07, 6.45) is 0.912. The van der Waals surface area contributed by atoms with Gasteiger partial charge in [0, 0.05) is 5.92 Å². The highest BCUT2D eigenvalue weighted by Crippen LogP contribution is 2.50. The molecule has 0 unspecified atom stereocenters. The van der Waals surface area contributed by atoms with Crippen LogP contribution in [0, 0.1) is 5.92 Å². The van der Waals surface area contributed by atoms with Crippen LogP contribution in [0.25, 0.3) is 0 Å². The molecule has 74 valence electrons. The summed E-state index contributed by atoms with van der Waals surface area (Å²) in [6.45, 7) is 1.63. The molecule has 3 heteroatoms. The van der Waals surface area contributed by atoms with Crippen LogP contribution < -0.4 is 0 Å². The van der Waals surface area contributed by atoms with E-state index in [1.807, 2.05) is 12.1 Å². The minimum Gasteiger partial charge on any atom is -0.300 e. The van der Waals surface area contributed by atoms with Gasteiger partial charge < -0.3 is 0 Å². The second-order valence-corrected chi connectivity index (χ2v) is 4.49. The fourth-order valence-electron chi connectivity index (χ4n) is 1.79. The third-order valence-electron chi connectivity index (χ3n) is 2.69. The molecule has 0 spiro atoms. The number of ketones is 1. The Morgan fingerprint density at radius 3 is 2.71 bits per heavy atom. The lowest BCUT2D eigenvalue weighted by Crippen LogP contribution is -1.95. The van der Waals surface area contributed by atoms with E-state index in [9.17, 15) is 4.79 Å². The normalized spacial score (nSPS) is 24.8. The molecule has 2 rings (SSSR count). The van der Waals surface area contributed by atoms with Crippen LogP contribution in [-0.2, 0) is 4.79 Å². The van der Waals surface area contributed by atoms with Gasteiger partial charge in [0.25, 0.3) is 0 Å². The summed E-state index contributed by atoms with van der Waals surface area (Å²) in [5.74, 6) is 0.690. The van der Waals surface area contributed by atoms with Crippen LogP contribution in [0.4, 0.5) is 0 Å². The number of hydrogen-bond donors (Lipinski definition) is 0. The van der Waals surface area contributed by atoms with Crippen LogP contribution in [0.5, 0.6) is 0 Å².